The second kappa shape index (κ2) is 5.88. The molecule has 1 heterocycles. The fourth-order valence-corrected chi connectivity index (χ4v) is 1.66. The van der Waals surface area contributed by atoms with E-state index < -0.39 is 23.2 Å². The van der Waals surface area contributed by atoms with E-state index in [0.29, 0.717) is 0 Å². The normalized spacial score (nSPS) is 11.1. The van der Waals surface area contributed by atoms with Gasteiger partial charge in [0.15, 0.2) is 0 Å². The molecule has 0 saturated carbocycles. The fourth-order valence-electron chi connectivity index (χ4n) is 1.66. The van der Waals surface area contributed by atoms with E-state index in [1.54, 1.807) is 0 Å². The molecular weight excluding hydrogens is 303 g/mol. The molecular formula is C13H10F3N3O3. The molecule has 116 valence electrons. The van der Waals surface area contributed by atoms with E-state index in [0.717, 1.165) is 30.6 Å². The van der Waals surface area contributed by atoms with Gasteiger partial charge in [0.2, 0.25) is 0 Å². The van der Waals surface area contributed by atoms with Gasteiger partial charge in [-0.1, -0.05) is 0 Å². The predicted molar refractivity (Wildman–Crippen MR) is 70.8 cm³/mol. The van der Waals surface area contributed by atoms with Crippen LogP contribution in [0.4, 0.5) is 18.9 Å². The van der Waals surface area contributed by atoms with Crippen molar-refractivity contribution >= 4 is 11.6 Å². The maximum absolute atomic E-state index is 12.7. The lowest BCUT2D eigenvalue weighted by Gasteiger charge is -2.13. The van der Waals surface area contributed by atoms with Gasteiger partial charge in [-0.15, -0.1) is 0 Å². The van der Waals surface area contributed by atoms with Crippen molar-refractivity contribution in [3.8, 4) is 5.75 Å². The number of aromatic amines is 1. The topological polar surface area (TPSA) is 84.1 Å². The molecule has 1 amide bonds. The molecule has 1 aromatic heterocycles. The number of rotatable bonds is 3. The Morgan fingerprint density at radius 1 is 1.32 bits per heavy atom. The average molecular weight is 313 g/mol. The van der Waals surface area contributed by atoms with Crippen LogP contribution in [-0.2, 0) is 6.18 Å². The van der Waals surface area contributed by atoms with Crippen LogP contribution in [0, 0.1) is 0 Å². The van der Waals surface area contributed by atoms with Crippen LogP contribution in [0.2, 0.25) is 0 Å². The Labute approximate surface area is 122 Å². The molecule has 0 atom stereocenters. The number of alkyl halides is 3. The van der Waals surface area contributed by atoms with Gasteiger partial charge in [-0.25, -0.2) is 4.98 Å². The number of hydrogen-bond acceptors (Lipinski definition) is 4. The van der Waals surface area contributed by atoms with Crippen molar-refractivity contribution in [3.63, 3.8) is 0 Å². The van der Waals surface area contributed by atoms with E-state index >= 15 is 0 Å². The third kappa shape index (κ3) is 3.43. The maximum atomic E-state index is 12.7. The highest BCUT2D eigenvalue weighted by Crippen LogP contribution is 2.34. The third-order valence-corrected chi connectivity index (χ3v) is 2.69. The van der Waals surface area contributed by atoms with Crippen molar-refractivity contribution in [3.05, 3.63) is 52.2 Å². The zero-order valence-electron chi connectivity index (χ0n) is 11.2. The predicted octanol–water partition coefficient (Wildman–Crippen LogP) is 2.05. The van der Waals surface area contributed by atoms with Gasteiger partial charge in [0.05, 0.1) is 24.7 Å². The van der Waals surface area contributed by atoms with Crippen molar-refractivity contribution in [2.24, 2.45) is 0 Å². The van der Waals surface area contributed by atoms with Crippen LogP contribution >= 0.6 is 0 Å². The van der Waals surface area contributed by atoms with Gasteiger partial charge >= 0.3 is 6.18 Å². The zero-order chi connectivity index (χ0) is 16.3. The van der Waals surface area contributed by atoms with E-state index in [2.05, 4.69) is 15.3 Å². The second-order valence-electron chi connectivity index (χ2n) is 4.16. The first kappa shape index (κ1) is 15.5. The summed E-state index contributed by atoms with van der Waals surface area (Å²) in [5.74, 6) is -0.782. The van der Waals surface area contributed by atoms with Crippen LogP contribution in [0.3, 0.4) is 0 Å². The van der Waals surface area contributed by atoms with Crippen molar-refractivity contribution < 1.29 is 22.7 Å². The first-order valence-corrected chi connectivity index (χ1v) is 5.92. The number of ether oxygens (including phenoxy) is 1. The highest BCUT2D eigenvalue weighted by atomic mass is 19.4. The Kier molecular flexibility index (Phi) is 4.15. The Morgan fingerprint density at radius 3 is 2.64 bits per heavy atom. The highest BCUT2D eigenvalue weighted by molar-refractivity contribution is 6.03. The first-order valence-electron chi connectivity index (χ1n) is 5.92. The maximum Gasteiger partial charge on any atom is 0.416 e. The van der Waals surface area contributed by atoms with E-state index in [1.165, 1.54) is 7.11 Å². The minimum Gasteiger partial charge on any atom is -0.495 e. The van der Waals surface area contributed by atoms with Gasteiger partial charge in [-0.2, -0.15) is 13.2 Å². The Bertz CT molecular complexity index is 756. The number of hydrogen-bond donors (Lipinski definition) is 2. The molecule has 0 radical (unpaired) electrons. The molecule has 9 heteroatoms. The number of methoxy groups -OCH3 is 1. The van der Waals surface area contributed by atoms with Crippen LogP contribution in [0.25, 0.3) is 0 Å². The molecule has 2 rings (SSSR count). The molecule has 0 spiro atoms. The molecule has 2 N–H and O–H groups in total. The van der Waals surface area contributed by atoms with Crippen molar-refractivity contribution in [2.75, 3.05) is 12.4 Å². The van der Waals surface area contributed by atoms with Gasteiger partial charge in [-0.05, 0) is 18.2 Å². The number of carbonyl (C=O) groups is 1. The Morgan fingerprint density at radius 2 is 2.05 bits per heavy atom. The number of halogens is 3. The summed E-state index contributed by atoms with van der Waals surface area (Å²) in [4.78, 5) is 28.9. The summed E-state index contributed by atoms with van der Waals surface area (Å²) in [6, 6.07) is 3.59. The number of anilines is 1. The number of amides is 1. The smallest absolute Gasteiger partial charge is 0.416 e. The number of nitrogens with zero attached hydrogens (tertiary/aromatic N) is 1. The monoisotopic (exact) mass is 313 g/mol. The highest BCUT2D eigenvalue weighted by Gasteiger charge is 2.31. The van der Waals surface area contributed by atoms with Gasteiger partial charge < -0.3 is 15.0 Å². The lowest BCUT2D eigenvalue weighted by molar-refractivity contribution is -0.137. The van der Waals surface area contributed by atoms with Gasteiger partial charge in [0.25, 0.3) is 11.5 Å². The minimum absolute atomic E-state index is 0.0474. The number of H-pyrrole nitrogens is 1. The first-order chi connectivity index (χ1) is 10.3. The van der Waals surface area contributed by atoms with Crippen molar-refractivity contribution in [1.82, 2.24) is 9.97 Å². The van der Waals surface area contributed by atoms with Gasteiger partial charge in [0.1, 0.15) is 11.4 Å². The SMILES string of the molecule is COc1ccc(C(F)(F)F)cc1NC(=O)c1cc(=O)[nH]cn1. The largest absolute Gasteiger partial charge is 0.495 e. The number of benzene rings is 1. The third-order valence-electron chi connectivity index (χ3n) is 2.69. The summed E-state index contributed by atoms with van der Waals surface area (Å²) in [6.45, 7) is 0. The van der Waals surface area contributed by atoms with Crippen LogP contribution in [0.1, 0.15) is 16.1 Å². The van der Waals surface area contributed by atoms with Crippen LogP contribution < -0.4 is 15.6 Å². The second-order valence-corrected chi connectivity index (χ2v) is 4.16. The summed E-state index contributed by atoms with van der Waals surface area (Å²) >= 11 is 0. The molecule has 22 heavy (non-hydrogen) atoms. The number of nitrogens with one attached hydrogen (secondary N) is 2. The van der Waals surface area contributed by atoms with Crippen LogP contribution in [-0.4, -0.2) is 23.0 Å². The lowest BCUT2D eigenvalue weighted by atomic mass is 10.1. The van der Waals surface area contributed by atoms with E-state index in [1.807, 2.05) is 0 Å². The molecule has 0 fully saturated rings. The molecule has 1 aromatic carbocycles. The molecule has 6 nitrogen and oxygen atoms in total. The lowest BCUT2D eigenvalue weighted by Crippen LogP contribution is -2.18. The molecule has 0 aliphatic carbocycles. The van der Waals surface area contributed by atoms with E-state index in [-0.39, 0.29) is 17.1 Å². The van der Waals surface area contributed by atoms with Crippen LogP contribution in [0.5, 0.6) is 5.75 Å². The van der Waals surface area contributed by atoms with E-state index in [4.69, 9.17) is 4.74 Å². The molecule has 0 saturated heterocycles. The summed E-state index contributed by atoms with van der Waals surface area (Å²) in [5, 5.41) is 2.24. The summed E-state index contributed by atoms with van der Waals surface area (Å²) in [7, 11) is 1.25. The van der Waals surface area contributed by atoms with E-state index in [9.17, 15) is 22.8 Å². The fraction of sp³-hybridized carbons (Fsp3) is 0.154. The van der Waals surface area contributed by atoms with Crippen molar-refractivity contribution in [1.29, 1.82) is 0 Å². The number of carbonyl (C=O) groups excluding carboxylic acids is 1. The zero-order valence-corrected chi connectivity index (χ0v) is 11.2. The summed E-state index contributed by atoms with van der Waals surface area (Å²) in [5.41, 5.74) is -1.91. The Balaban J connectivity index is 2.35. The summed E-state index contributed by atoms with van der Waals surface area (Å²) < 4.78 is 43.0. The van der Waals surface area contributed by atoms with Crippen molar-refractivity contribution in [2.45, 2.75) is 6.18 Å². The molecule has 0 unspecified atom stereocenters. The molecule has 0 aliphatic rings. The standard InChI is InChI=1S/C13H10F3N3O3/c1-22-10-3-2-7(13(14,15)16)4-8(10)19-12(21)9-5-11(20)18-6-17-9/h2-6H,1H3,(H,19,21)(H,17,18,20). The Hall–Kier alpha value is -2.84. The molecule has 0 bridgehead atoms. The molecule has 2 aromatic rings. The van der Waals surface area contributed by atoms with Gasteiger partial charge in [-0.3, -0.25) is 9.59 Å². The van der Waals surface area contributed by atoms with Gasteiger partial charge in [0, 0.05) is 6.07 Å². The minimum atomic E-state index is -4.56. The van der Waals surface area contributed by atoms with Crippen LogP contribution in [0.15, 0.2) is 35.4 Å². The quantitative estimate of drug-likeness (QED) is 0.908. The number of aromatic nitrogens is 2. The molecule has 0 aliphatic heterocycles. The average Bonchev–Trinajstić information content (AvgIpc) is 2.46. The summed E-state index contributed by atoms with van der Waals surface area (Å²) in [6.07, 6.45) is -3.55.